The summed E-state index contributed by atoms with van der Waals surface area (Å²) in [6.45, 7) is 0.590. The number of rotatable bonds is 3. The Hall–Kier alpha value is -3.60. The van der Waals surface area contributed by atoms with E-state index in [2.05, 4.69) is 21.5 Å². The summed E-state index contributed by atoms with van der Waals surface area (Å²) >= 11 is 0. The highest BCUT2D eigenvalue weighted by atomic mass is 16.5. The van der Waals surface area contributed by atoms with Crippen LogP contribution in [-0.2, 0) is 11.3 Å². The number of aromatic nitrogens is 3. The molecular weight excluding hydrogens is 320 g/mol. The highest BCUT2D eigenvalue weighted by molar-refractivity contribution is 5.97. The number of carbonyl (C=O) groups excluding carboxylic acids is 1. The molecule has 124 valence electrons. The average Bonchev–Trinajstić information content (AvgIpc) is 3.05. The maximum absolute atomic E-state index is 11.6. The fraction of sp³-hybridized carbons (Fsp3) is 0.176. The summed E-state index contributed by atoms with van der Waals surface area (Å²) in [4.78, 5) is 17.5. The van der Waals surface area contributed by atoms with E-state index in [1.165, 1.54) is 6.20 Å². The lowest BCUT2D eigenvalue weighted by Crippen LogP contribution is -2.35. The Morgan fingerprint density at radius 3 is 3.12 bits per heavy atom. The van der Waals surface area contributed by atoms with Crippen LogP contribution in [0.1, 0.15) is 11.1 Å². The lowest BCUT2D eigenvalue weighted by atomic mass is 10.2. The molecule has 1 aliphatic rings. The first-order chi connectivity index (χ1) is 12.2. The second kappa shape index (κ2) is 5.79. The summed E-state index contributed by atoms with van der Waals surface area (Å²) in [5.74, 6) is 0.606. The zero-order valence-corrected chi connectivity index (χ0v) is 13.4. The van der Waals surface area contributed by atoms with Crippen LogP contribution in [0.4, 0.5) is 11.4 Å². The molecule has 0 fully saturated rings. The number of benzene rings is 1. The van der Waals surface area contributed by atoms with Crippen molar-refractivity contribution in [1.29, 1.82) is 5.26 Å². The maximum Gasteiger partial charge on any atom is 0.264 e. The first kappa shape index (κ1) is 15.0. The highest BCUT2D eigenvalue weighted by Crippen LogP contribution is 2.33. The number of ether oxygens (including phenoxy) is 1. The summed E-state index contributed by atoms with van der Waals surface area (Å²) in [5, 5.41) is 16.4. The number of fused-ring (bicyclic) bond motifs is 2. The number of nitriles is 1. The van der Waals surface area contributed by atoms with Crippen molar-refractivity contribution in [1.82, 2.24) is 14.6 Å². The van der Waals surface area contributed by atoms with Crippen LogP contribution >= 0.6 is 0 Å². The van der Waals surface area contributed by atoms with Gasteiger partial charge in [-0.15, -0.1) is 0 Å². The first-order valence-electron chi connectivity index (χ1n) is 7.65. The second-order valence-electron chi connectivity index (χ2n) is 5.68. The Balaban J connectivity index is 1.52. The minimum Gasteiger partial charge on any atom is -0.481 e. The number of amides is 1. The van der Waals surface area contributed by atoms with E-state index in [4.69, 9.17) is 10.00 Å². The molecule has 0 radical (unpaired) electrons. The van der Waals surface area contributed by atoms with Crippen molar-refractivity contribution in [3.05, 3.63) is 47.9 Å². The van der Waals surface area contributed by atoms with Crippen molar-refractivity contribution in [2.75, 3.05) is 23.9 Å². The van der Waals surface area contributed by atoms with Crippen LogP contribution in [0, 0.1) is 11.3 Å². The van der Waals surface area contributed by atoms with Gasteiger partial charge in [0.2, 0.25) is 0 Å². The quantitative estimate of drug-likeness (QED) is 0.781. The van der Waals surface area contributed by atoms with Crippen molar-refractivity contribution in [3.63, 3.8) is 0 Å². The molecule has 1 amide bonds. The molecular formula is C17H14N6O2. The van der Waals surface area contributed by atoms with E-state index in [0.717, 1.165) is 16.9 Å². The van der Waals surface area contributed by atoms with E-state index in [9.17, 15) is 4.79 Å². The molecule has 0 bridgehead atoms. The van der Waals surface area contributed by atoms with Crippen LogP contribution in [0.15, 0.2) is 36.8 Å². The average molecular weight is 334 g/mol. The third-order valence-corrected chi connectivity index (χ3v) is 4.07. The molecule has 0 atom stereocenters. The molecule has 1 N–H and O–H groups in total. The molecule has 0 aliphatic carbocycles. The standard InChI is InChI=1S/C17H14N6O2/c1-22-14-3-2-13(4-15(14)25-10-16(22)24)19-6-11-7-20-17-12(5-18)8-21-23(17)9-11/h2-4,7-9,19H,6,10H2,1H3. The van der Waals surface area contributed by atoms with Crippen LogP contribution in [-0.4, -0.2) is 34.2 Å². The van der Waals surface area contributed by atoms with Gasteiger partial charge in [0.25, 0.3) is 5.91 Å². The molecule has 0 saturated heterocycles. The molecule has 3 aromatic rings. The molecule has 1 aliphatic heterocycles. The van der Waals surface area contributed by atoms with Gasteiger partial charge in [-0.05, 0) is 12.1 Å². The Kier molecular flexibility index (Phi) is 3.47. The van der Waals surface area contributed by atoms with Gasteiger partial charge < -0.3 is 15.0 Å². The number of hydrogen-bond acceptors (Lipinski definition) is 6. The van der Waals surface area contributed by atoms with E-state index < -0.39 is 0 Å². The molecule has 8 nitrogen and oxygen atoms in total. The third-order valence-electron chi connectivity index (χ3n) is 4.07. The summed E-state index contributed by atoms with van der Waals surface area (Å²) < 4.78 is 7.07. The van der Waals surface area contributed by atoms with Gasteiger partial charge in [0, 0.05) is 43.3 Å². The van der Waals surface area contributed by atoms with Gasteiger partial charge in [-0.2, -0.15) is 10.4 Å². The minimum atomic E-state index is -0.0662. The van der Waals surface area contributed by atoms with Crippen LogP contribution < -0.4 is 15.0 Å². The van der Waals surface area contributed by atoms with Crippen molar-refractivity contribution in [2.45, 2.75) is 6.54 Å². The summed E-state index contributed by atoms with van der Waals surface area (Å²) in [5.41, 5.74) is 3.54. The zero-order chi connectivity index (χ0) is 17.4. The van der Waals surface area contributed by atoms with Crippen molar-refractivity contribution >= 4 is 22.9 Å². The number of carbonyl (C=O) groups is 1. The third kappa shape index (κ3) is 2.61. The fourth-order valence-corrected chi connectivity index (χ4v) is 2.68. The second-order valence-corrected chi connectivity index (χ2v) is 5.68. The lowest BCUT2D eigenvalue weighted by molar-refractivity contribution is -0.120. The lowest BCUT2D eigenvalue weighted by Gasteiger charge is -2.26. The van der Waals surface area contributed by atoms with Gasteiger partial charge in [0.15, 0.2) is 12.3 Å². The Morgan fingerprint density at radius 2 is 2.28 bits per heavy atom. The highest BCUT2D eigenvalue weighted by Gasteiger charge is 2.22. The molecule has 2 aromatic heterocycles. The van der Waals surface area contributed by atoms with Crippen LogP contribution in [0.2, 0.25) is 0 Å². The first-order valence-corrected chi connectivity index (χ1v) is 7.65. The monoisotopic (exact) mass is 334 g/mol. The number of anilines is 2. The predicted octanol–water partition coefficient (Wildman–Crippen LogP) is 1.57. The minimum absolute atomic E-state index is 0.0497. The summed E-state index contributed by atoms with van der Waals surface area (Å²) in [6, 6.07) is 7.67. The van der Waals surface area contributed by atoms with Gasteiger partial charge in [-0.3, -0.25) is 4.79 Å². The zero-order valence-electron chi connectivity index (χ0n) is 13.4. The van der Waals surface area contributed by atoms with E-state index in [-0.39, 0.29) is 12.5 Å². The van der Waals surface area contributed by atoms with Gasteiger partial charge in [0.1, 0.15) is 17.4 Å². The smallest absolute Gasteiger partial charge is 0.264 e. The number of likely N-dealkylation sites (N-methyl/N-ethyl adjacent to an activating group) is 1. The van der Waals surface area contributed by atoms with E-state index in [1.807, 2.05) is 24.4 Å². The van der Waals surface area contributed by atoms with Gasteiger partial charge >= 0.3 is 0 Å². The van der Waals surface area contributed by atoms with Crippen molar-refractivity contribution < 1.29 is 9.53 Å². The molecule has 25 heavy (non-hydrogen) atoms. The fourth-order valence-electron chi connectivity index (χ4n) is 2.68. The number of hydrogen-bond donors (Lipinski definition) is 1. The molecule has 1 aromatic carbocycles. The van der Waals surface area contributed by atoms with E-state index in [1.54, 1.807) is 22.7 Å². The predicted molar refractivity (Wildman–Crippen MR) is 90.4 cm³/mol. The maximum atomic E-state index is 11.6. The van der Waals surface area contributed by atoms with E-state index in [0.29, 0.717) is 23.5 Å². The molecule has 4 rings (SSSR count). The largest absolute Gasteiger partial charge is 0.481 e. The molecule has 8 heteroatoms. The van der Waals surface area contributed by atoms with Crippen molar-refractivity contribution in [3.8, 4) is 11.8 Å². The normalized spacial score (nSPS) is 13.3. The Bertz CT molecular complexity index is 1020. The molecule has 0 unspecified atom stereocenters. The van der Waals surface area contributed by atoms with E-state index >= 15 is 0 Å². The van der Waals surface area contributed by atoms with Gasteiger partial charge in [0.05, 0.1) is 11.9 Å². The Labute approximate surface area is 143 Å². The number of nitrogens with one attached hydrogen (secondary N) is 1. The number of nitrogens with zero attached hydrogens (tertiary/aromatic N) is 5. The summed E-state index contributed by atoms with van der Waals surface area (Å²) in [7, 11) is 1.73. The molecule has 0 spiro atoms. The van der Waals surface area contributed by atoms with Crippen molar-refractivity contribution in [2.24, 2.45) is 0 Å². The van der Waals surface area contributed by atoms with Crippen LogP contribution in [0.3, 0.4) is 0 Å². The SMILES string of the molecule is CN1C(=O)COc2cc(NCc3cnc4c(C#N)cnn4c3)ccc21. The van der Waals surface area contributed by atoms with Gasteiger partial charge in [-0.1, -0.05) is 0 Å². The molecule has 3 heterocycles. The van der Waals surface area contributed by atoms with Crippen LogP contribution in [0.25, 0.3) is 5.65 Å². The Morgan fingerprint density at radius 1 is 1.40 bits per heavy atom. The molecule has 0 saturated carbocycles. The van der Waals surface area contributed by atoms with Crippen LogP contribution in [0.5, 0.6) is 5.75 Å². The topological polar surface area (TPSA) is 95.5 Å². The summed E-state index contributed by atoms with van der Waals surface area (Å²) in [6.07, 6.45) is 5.04. The van der Waals surface area contributed by atoms with Gasteiger partial charge in [-0.25, -0.2) is 9.50 Å².